The molecule has 0 saturated carbocycles. The normalized spacial score (nSPS) is 15.4. The number of hydrogen-bond acceptors (Lipinski definition) is 5. The molecular formula is C22H23NO4. The molecule has 2 aliphatic heterocycles. The summed E-state index contributed by atoms with van der Waals surface area (Å²) in [6, 6.07) is 1.90. The van der Waals surface area contributed by atoms with E-state index in [1.165, 1.54) is 5.56 Å². The Kier molecular flexibility index (Phi) is 4.65. The summed E-state index contributed by atoms with van der Waals surface area (Å²) in [5, 5.41) is 11.3. The Bertz CT molecular complexity index is 1010. The first-order valence-corrected chi connectivity index (χ1v) is 9.68. The number of carbonyl (C=O) groups excluding carboxylic acids is 1. The molecule has 1 aromatic heterocycles. The fourth-order valence-corrected chi connectivity index (χ4v) is 4.38. The summed E-state index contributed by atoms with van der Waals surface area (Å²) in [7, 11) is 0. The number of rotatable bonds is 5. The van der Waals surface area contributed by atoms with Crippen molar-refractivity contribution in [1.29, 1.82) is 0 Å². The molecule has 0 bridgehead atoms. The molecular weight excluding hydrogens is 342 g/mol. The van der Waals surface area contributed by atoms with Gasteiger partial charge in [0.1, 0.15) is 16.9 Å². The molecule has 27 heavy (non-hydrogen) atoms. The maximum absolute atomic E-state index is 12.5. The summed E-state index contributed by atoms with van der Waals surface area (Å²) in [6.07, 6.45) is 11.1. The fourth-order valence-electron chi connectivity index (χ4n) is 4.38. The lowest BCUT2D eigenvalue weighted by Crippen LogP contribution is -2.34. The van der Waals surface area contributed by atoms with Gasteiger partial charge in [0, 0.05) is 37.2 Å². The van der Waals surface area contributed by atoms with Gasteiger partial charge in [-0.05, 0) is 50.2 Å². The molecule has 4 rings (SSSR count). The highest BCUT2D eigenvalue weighted by Gasteiger charge is 2.29. The van der Waals surface area contributed by atoms with Gasteiger partial charge in [0.25, 0.3) is 0 Å². The number of nitrogens with zero attached hydrogens (tertiary/aromatic N) is 1. The Hall–Kier alpha value is -2.74. The number of carbonyl (C=O) groups is 1. The molecule has 0 saturated heterocycles. The maximum Gasteiger partial charge on any atom is 0.351 e. The Morgan fingerprint density at radius 3 is 2.81 bits per heavy atom. The first-order chi connectivity index (χ1) is 13.1. The van der Waals surface area contributed by atoms with Crippen molar-refractivity contribution in [1.82, 2.24) is 0 Å². The van der Waals surface area contributed by atoms with Crippen molar-refractivity contribution < 1.29 is 14.3 Å². The first-order valence-electron chi connectivity index (χ1n) is 9.68. The van der Waals surface area contributed by atoms with Crippen LogP contribution in [0, 0.1) is 12.3 Å². The van der Waals surface area contributed by atoms with E-state index >= 15 is 0 Å². The molecule has 2 aromatic rings. The van der Waals surface area contributed by atoms with E-state index in [0.717, 1.165) is 56.4 Å². The monoisotopic (exact) mass is 365 g/mol. The number of aryl methyl sites for hydroxylation is 2. The second kappa shape index (κ2) is 7.11. The second-order valence-electron chi connectivity index (χ2n) is 7.38. The van der Waals surface area contributed by atoms with Crippen LogP contribution in [-0.2, 0) is 12.8 Å². The van der Waals surface area contributed by atoms with Crippen molar-refractivity contribution >= 4 is 22.4 Å². The molecule has 5 heteroatoms. The van der Waals surface area contributed by atoms with Crippen molar-refractivity contribution in [3.63, 3.8) is 0 Å². The molecule has 1 N–H and O–H groups in total. The number of ketones is 1. The van der Waals surface area contributed by atoms with Crippen LogP contribution in [0.3, 0.4) is 0 Å². The van der Waals surface area contributed by atoms with Gasteiger partial charge in [0.2, 0.25) is 0 Å². The van der Waals surface area contributed by atoms with Crippen molar-refractivity contribution in [3.8, 4) is 18.1 Å². The van der Waals surface area contributed by atoms with E-state index in [4.69, 9.17) is 10.8 Å². The van der Waals surface area contributed by atoms with Gasteiger partial charge in [-0.15, -0.1) is 12.3 Å². The van der Waals surface area contributed by atoms with Gasteiger partial charge in [-0.1, -0.05) is 0 Å². The quantitative estimate of drug-likeness (QED) is 0.380. The molecule has 1 aromatic carbocycles. The van der Waals surface area contributed by atoms with Gasteiger partial charge in [0.05, 0.1) is 5.39 Å². The van der Waals surface area contributed by atoms with Crippen LogP contribution in [0.15, 0.2) is 15.3 Å². The van der Waals surface area contributed by atoms with E-state index in [2.05, 4.69) is 10.8 Å². The number of anilines is 1. The number of benzene rings is 1. The van der Waals surface area contributed by atoms with Crippen LogP contribution in [0.2, 0.25) is 0 Å². The van der Waals surface area contributed by atoms with Gasteiger partial charge < -0.3 is 14.4 Å². The lowest BCUT2D eigenvalue weighted by atomic mass is 9.89. The minimum atomic E-state index is -0.744. The highest BCUT2D eigenvalue weighted by Crippen LogP contribution is 2.42. The van der Waals surface area contributed by atoms with Gasteiger partial charge in [-0.2, -0.15) is 0 Å². The fraction of sp³-hybridized carbons (Fsp3) is 0.455. The SMILES string of the molecule is C#CCCCCC(=O)c1c(O)c2cc3c4c(c2oc1=O)CCCN4CCC3. The molecule has 3 heterocycles. The molecule has 0 radical (unpaired) electrons. The molecule has 5 nitrogen and oxygen atoms in total. The average molecular weight is 365 g/mol. The zero-order chi connectivity index (χ0) is 19.0. The van der Waals surface area contributed by atoms with Gasteiger partial charge in [-0.3, -0.25) is 4.79 Å². The molecule has 0 amide bonds. The van der Waals surface area contributed by atoms with Crippen molar-refractivity contribution in [3.05, 3.63) is 33.2 Å². The summed E-state index contributed by atoms with van der Waals surface area (Å²) in [5.41, 5.74) is 2.79. The van der Waals surface area contributed by atoms with E-state index in [0.29, 0.717) is 23.8 Å². The number of Topliss-reactive ketones (excluding diaryl/α,β-unsaturated/α-hetero) is 1. The smallest absolute Gasteiger partial charge is 0.351 e. The summed E-state index contributed by atoms with van der Waals surface area (Å²) in [4.78, 5) is 27.4. The van der Waals surface area contributed by atoms with Gasteiger partial charge in [-0.25, -0.2) is 4.79 Å². The van der Waals surface area contributed by atoms with E-state index in [9.17, 15) is 14.7 Å². The van der Waals surface area contributed by atoms with Crippen LogP contribution in [-0.4, -0.2) is 24.0 Å². The lowest BCUT2D eigenvalue weighted by molar-refractivity contribution is 0.0973. The van der Waals surface area contributed by atoms with Crippen molar-refractivity contribution in [2.24, 2.45) is 0 Å². The predicted molar refractivity (Wildman–Crippen MR) is 105 cm³/mol. The number of hydrogen-bond donors (Lipinski definition) is 1. The topological polar surface area (TPSA) is 70.7 Å². The minimum Gasteiger partial charge on any atom is -0.506 e. The van der Waals surface area contributed by atoms with Crippen molar-refractivity contribution in [2.75, 3.05) is 18.0 Å². The summed E-state index contributed by atoms with van der Waals surface area (Å²) < 4.78 is 5.60. The van der Waals surface area contributed by atoms with Crippen LogP contribution in [0.5, 0.6) is 5.75 Å². The van der Waals surface area contributed by atoms with Gasteiger partial charge >= 0.3 is 5.63 Å². The molecule has 0 unspecified atom stereocenters. The molecule has 2 aliphatic rings. The molecule has 0 atom stereocenters. The molecule has 0 aliphatic carbocycles. The number of aromatic hydroxyl groups is 1. The number of unbranched alkanes of at least 4 members (excludes halogenated alkanes) is 2. The van der Waals surface area contributed by atoms with E-state index in [1.807, 2.05) is 6.07 Å². The molecule has 0 fully saturated rings. The largest absolute Gasteiger partial charge is 0.506 e. The average Bonchev–Trinajstić information content (AvgIpc) is 2.67. The first kappa shape index (κ1) is 17.7. The van der Waals surface area contributed by atoms with Crippen LogP contribution < -0.4 is 10.5 Å². The highest BCUT2D eigenvalue weighted by molar-refractivity contribution is 6.04. The van der Waals surface area contributed by atoms with E-state index < -0.39 is 5.63 Å². The number of terminal acetylenes is 1. The lowest BCUT2D eigenvalue weighted by Gasteiger charge is -2.37. The van der Waals surface area contributed by atoms with Crippen LogP contribution in [0.4, 0.5) is 5.69 Å². The highest BCUT2D eigenvalue weighted by atomic mass is 16.4. The Labute approximate surface area is 158 Å². The van der Waals surface area contributed by atoms with Crippen LogP contribution in [0.1, 0.15) is 60.0 Å². The summed E-state index contributed by atoms with van der Waals surface area (Å²) in [6.45, 7) is 2.02. The maximum atomic E-state index is 12.5. The summed E-state index contributed by atoms with van der Waals surface area (Å²) >= 11 is 0. The van der Waals surface area contributed by atoms with E-state index in [1.54, 1.807) is 0 Å². The Balaban J connectivity index is 1.81. The third-order valence-electron chi connectivity index (χ3n) is 5.62. The minimum absolute atomic E-state index is 0.178. The third kappa shape index (κ3) is 2.99. The standard InChI is InChI=1S/C22H23NO4/c1-2-3-4-5-10-17(24)18-20(25)16-13-14-8-6-11-23-12-7-9-15(19(14)23)21(16)27-22(18)26/h1,13,25H,3-12H2. The van der Waals surface area contributed by atoms with Gasteiger partial charge in [0.15, 0.2) is 5.78 Å². The number of fused-ring (bicyclic) bond motifs is 2. The van der Waals surface area contributed by atoms with Crippen LogP contribution >= 0.6 is 0 Å². The molecule has 140 valence electrons. The molecule has 0 spiro atoms. The van der Waals surface area contributed by atoms with E-state index in [-0.39, 0.29) is 23.5 Å². The Morgan fingerprint density at radius 1 is 1.26 bits per heavy atom. The van der Waals surface area contributed by atoms with Crippen LogP contribution in [0.25, 0.3) is 11.0 Å². The summed E-state index contributed by atoms with van der Waals surface area (Å²) in [5.74, 6) is 1.92. The van der Waals surface area contributed by atoms with Crippen molar-refractivity contribution in [2.45, 2.75) is 51.4 Å². The Morgan fingerprint density at radius 2 is 2.04 bits per heavy atom. The zero-order valence-corrected chi connectivity index (χ0v) is 15.3. The predicted octanol–water partition coefficient (Wildman–Crippen LogP) is 3.57. The third-order valence-corrected chi connectivity index (χ3v) is 5.62. The second-order valence-corrected chi connectivity index (χ2v) is 7.38. The zero-order valence-electron chi connectivity index (χ0n) is 15.3.